The van der Waals surface area contributed by atoms with E-state index in [2.05, 4.69) is 4.98 Å². The van der Waals surface area contributed by atoms with E-state index in [1.54, 1.807) is 6.92 Å². The van der Waals surface area contributed by atoms with Gasteiger partial charge in [-0.2, -0.15) is 13.2 Å². The lowest BCUT2D eigenvalue weighted by atomic mass is 10.3. The van der Waals surface area contributed by atoms with Crippen molar-refractivity contribution >= 4 is 23.1 Å². The Balaban J connectivity index is 2.96. The molecule has 0 radical (unpaired) electrons. The predicted octanol–water partition coefficient (Wildman–Crippen LogP) is 3.10. The van der Waals surface area contributed by atoms with E-state index in [1.807, 2.05) is 0 Å². The summed E-state index contributed by atoms with van der Waals surface area (Å²) in [6, 6.07) is 2.77. The molecular weight excluding hydrogens is 255 g/mol. The molecule has 2 N–H and O–H groups in total. The van der Waals surface area contributed by atoms with E-state index < -0.39 is 12.7 Å². The highest BCUT2D eigenvalue weighted by atomic mass is 35.5. The van der Waals surface area contributed by atoms with Crippen molar-refractivity contribution in [3.8, 4) is 0 Å². The topological polar surface area (TPSA) is 42.1 Å². The Morgan fingerprint density at radius 1 is 1.41 bits per heavy atom. The molecule has 0 spiro atoms. The van der Waals surface area contributed by atoms with Gasteiger partial charge in [-0.25, -0.2) is 4.98 Å². The van der Waals surface area contributed by atoms with Gasteiger partial charge >= 0.3 is 6.18 Å². The van der Waals surface area contributed by atoms with Crippen molar-refractivity contribution in [2.45, 2.75) is 19.5 Å². The molecule has 0 bridgehead atoms. The van der Waals surface area contributed by atoms with Crippen molar-refractivity contribution in [2.24, 2.45) is 0 Å². The van der Waals surface area contributed by atoms with Crippen LogP contribution in [0.25, 0.3) is 0 Å². The van der Waals surface area contributed by atoms with E-state index in [9.17, 15) is 13.2 Å². The normalized spacial score (nSPS) is 11.6. The number of alkyl halides is 3. The molecule has 0 saturated heterocycles. The van der Waals surface area contributed by atoms with Crippen LogP contribution in [-0.4, -0.2) is 24.2 Å². The first-order chi connectivity index (χ1) is 7.81. The maximum absolute atomic E-state index is 12.4. The molecule has 1 aromatic rings. The predicted molar refractivity (Wildman–Crippen MR) is 62.2 cm³/mol. The number of hydrogen-bond acceptors (Lipinski definition) is 3. The van der Waals surface area contributed by atoms with Crippen molar-refractivity contribution < 1.29 is 13.2 Å². The average molecular weight is 268 g/mol. The van der Waals surface area contributed by atoms with Gasteiger partial charge in [0.1, 0.15) is 17.5 Å². The molecule has 0 amide bonds. The van der Waals surface area contributed by atoms with Gasteiger partial charge in [0.2, 0.25) is 0 Å². The summed E-state index contributed by atoms with van der Waals surface area (Å²) in [6.45, 7) is 0.969. The first kappa shape index (κ1) is 13.9. The second-order valence-corrected chi connectivity index (χ2v) is 4.01. The Morgan fingerprint density at radius 3 is 2.53 bits per heavy atom. The summed E-state index contributed by atoms with van der Waals surface area (Å²) in [5.41, 5.74) is 5.82. The molecule has 0 aliphatic carbocycles. The largest absolute Gasteiger partial charge is 0.405 e. The van der Waals surface area contributed by atoms with E-state index >= 15 is 0 Å². The first-order valence-electron chi connectivity index (χ1n) is 5.06. The molecule has 96 valence electrons. The molecule has 0 aliphatic heterocycles. The molecule has 1 aromatic heterocycles. The summed E-state index contributed by atoms with van der Waals surface area (Å²) >= 11 is 5.67. The van der Waals surface area contributed by atoms with Crippen molar-refractivity contribution in [1.82, 2.24) is 4.98 Å². The van der Waals surface area contributed by atoms with Gasteiger partial charge in [0.05, 0.1) is 0 Å². The van der Waals surface area contributed by atoms with E-state index in [0.29, 0.717) is 12.1 Å². The molecule has 0 saturated carbocycles. The van der Waals surface area contributed by atoms with Crippen molar-refractivity contribution in [2.75, 3.05) is 23.7 Å². The van der Waals surface area contributed by atoms with E-state index in [1.165, 1.54) is 12.1 Å². The first-order valence-corrected chi connectivity index (χ1v) is 5.44. The van der Waals surface area contributed by atoms with E-state index in [4.69, 9.17) is 17.3 Å². The Labute approximate surface area is 102 Å². The van der Waals surface area contributed by atoms with Crippen molar-refractivity contribution in [1.29, 1.82) is 0 Å². The number of aromatic nitrogens is 1. The second-order valence-electron chi connectivity index (χ2n) is 3.62. The molecule has 1 heterocycles. The number of anilines is 2. The van der Waals surface area contributed by atoms with Crippen LogP contribution in [0, 0.1) is 0 Å². The highest BCUT2D eigenvalue weighted by Crippen LogP contribution is 2.24. The standard InChI is InChI=1S/C10H13ClF3N3/c1-2-3-17(6-10(12,13)14)9-5-7(15)4-8(11)16-9/h4-5H,2-3,6H2,1H3,(H2,15,16). The zero-order chi connectivity index (χ0) is 13.1. The Bertz CT molecular complexity index is 361. The molecule has 0 aromatic carbocycles. The molecule has 1 rings (SSSR count). The fourth-order valence-electron chi connectivity index (χ4n) is 1.43. The summed E-state index contributed by atoms with van der Waals surface area (Å²) in [5.74, 6) is 0.147. The maximum Gasteiger partial charge on any atom is 0.405 e. The van der Waals surface area contributed by atoms with Gasteiger partial charge in [0.25, 0.3) is 0 Å². The van der Waals surface area contributed by atoms with Crippen LogP contribution < -0.4 is 10.6 Å². The SMILES string of the molecule is CCCN(CC(F)(F)F)c1cc(N)cc(Cl)n1. The smallest absolute Gasteiger partial charge is 0.399 e. The molecule has 0 unspecified atom stereocenters. The van der Waals surface area contributed by atoms with Crippen LogP contribution >= 0.6 is 11.6 Å². The second kappa shape index (κ2) is 5.44. The Hall–Kier alpha value is -1.17. The van der Waals surface area contributed by atoms with Gasteiger partial charge in [-0.15, -0.1) is 0 Å². The summed E-state index contributed by atoms with van der Waals surface area (Å²) in [4.78, 5) is 4.96. The van der Waals surface area contributed by atoms with Gasteiger partial charge in [-0.05, 0) is 12.5 Å². The number of hydrogen-bond donors (Lipinski definition) is 1. The molecule has 3 nitrogen and oxygen atoms in total. The highest BCUT2D eigenvalue weighted by Gasteiger charge is 2.31. The number of nitrogens with zero attached hydrogens (tertiary/aromatic N) is 2. The summed E-state index contributed by atoms with van der Waals surface area (Å²) in [6.07, 6.45) is -3.71. The third kappa shape index (κ3) is 4.68. The maximum atomic E-state index is 12.4. The number of nitrogen functional groups attached to an aromatic ring is 1. The zero-order valence-electron chi connectivity index (χ0n) is 9.26. The third-order valence-corrected chi connectivity index (χ3v) is 2.18. The van der Waals surface area contributed by atoms with Crippen LogP contribution in [0.4, 0.5) is 24.7 Å². The average Bonchev–Trinajstić information content (AvgIpc) is 2.13. The third-order valence-electron chi connectivity index (χ3n) is 1.99. The lowest BCUT2D eigenvalue weighted by molar-refractivity contribution is -0.119. The summed E-state index contributed by atoms with van der Waals surface area (Å²) in [7, 11) is 0. The Kier molecular flexibility index (Phi) is 4.45. The van der Waals surface area contributed by atoms with Crippen LogP contribution in [0.15, 0.2) is 12.1 Å². The van der Waals surface area contributed by atoms with Gasteiger partial charge in [-0.1, -0.05) is 18.5 Å². The summed E-state index contributed by atoms with van der Waals surface area (Å²) in [5, 5.41) is 0.0864. The zero-order valence-corrected chi connectivity index (χ0v) is 10.0. The van der Waals surface area contributed by atoms with Crippen molar-refractivity contribution in [3.05, 3.63) is 17.3 Å². The van der Waals surface area contributed by atoms with Crippen LogP contribution in [0.1, 0.15) is 13.3 Å². The van der Waals surface area contributed by atoms with Gasteiger partial charge < -0.3 is 10.6 Å². The minimum absolute atomic E-state index is 0.0864. The molecule has 0 atom stereocenters. The highest BCUT2D eigenvalue weighted by molar-refractivity contribution is 6.29. The van der Waals surface area contributed by atoms with Crippen LogP contribution in [-0.2, 0) is 0 Å². The number of rotatable bonds is 4. The Morgan fingerprint density at radius 2 is 2.06 bits per heavy atom. The molecule has 7 heteroatoms. The molecule has 0 fully saturated rings. The molecular formula is C10H13ClF3N3. The lowest BCUT2D eigenvalue weighted by Gasteiger charge is -2.24. The molecule has 17 heavy (non-hydrogen) atoms. The number of pyridine rings is 1. The minimum atomic E-state index is -4.28. The van der Waals surface area contributed by atoms with E-state index in [-0.39, 0.29) is 17.5 Å². The molecule has 0 aliphatic rings. The van der Waals surface area contributed by atoms with Gasteiger partial charge in [-0.3, -0.25) is 0 Å². The lowest BCUT2D eigenvalue weighted by Crippen LogP contribution is -2.35. The van der Waals surface area contributed by atoms with E-state index in [0.717, 1.165) is 4.90 Å². The van der Waals surface area contributed by atoms with Crippen LogP contribution in [0.5, 0.6) is 0 Å². The fraction of sp³-hybridized carbons (Fsp3) is 0.500. The fourth-order valence-corrected chi connectivity index (χ4v) is 1.64. The number of nitrogens with two attached hydrogens (primary N) is 1. The minimum Gasteiger partial charge on any atom is -0.399 e. The van der Waals surface area contributed by atoms with Crippen molar-refractivity contribution in [3.63, 3.8) is 0 Å². The quantitative estimate of drug-likeness (QED) is 0.853. The summed E-state index contributed by atoms with van der Waals surface area (Å²) < 4.78 is 37.1. The van der Waals surface area contributed by atoms with Crippen LogP contribution in [0.2, 0.25) is 5.15 Å². The number of halogens is 4. The van der Waals surface area contributed by atoms with Crippen LogP contribution in [0.3, 0.4) is 0 Å². The monoisotopic (exact) mass is 267 g/mol. The van der Waals surface area contributed by atoms with Gasteiger partial charge in [0, 0.05) is 18.3 Å². The van der Waals surface area contributed by atoms with Gasteiger partial charge in [0.15, 0.2) is 0 Å².